The van der Waals surface area contributed by atoms with Gasteiger partial charge in [0.2, 0.25) is 0 Å². The molecule has 0 heterocycles. The van der Waals surface area contributed by atoms with Gasteiger partial charge in [-0.2, -0.15) is 0 Å². The molecule has 0 atom stereocenters. The molecule has 0 unspecified atom stereocenters. The molecule has 0 aliphatic carbocycles. The average molecular weight is 256 g/mol. The van der Waals surface area contributed by atoms with Gasteiger partial charge in [-0.15, -0.1) is 0 Å². The predicted molar refractivity (Wildman–Crippen MR) is 73.2 cm³/mol. The third-order valence-electron chi connectivity index (χ3n) is 2.73. The van der Waals surface area contributed by atoms with Gasteiger partial charge in [0.1, 0.15) is 9.84 Å². The standard InChI is InChI=1S/C12H20N2O2S/c1-4-14(7-8-17(3,15)16)11-5-6-12(13)10(2)9-11/h5-6,9H,4,7-8,13H2,1-3H3. The van der Waals surface area contributed by atoms with Gasteiger partial charge in [0.25, 0.3) is 0 Å². The topological polar surface area (TPSA) is 63.4 Å². The van der Waals surface area contributed by atoms with Crippen molar-refractivity contribution < 1.29 is 8.42 Å². The highest BCUT2D eigenvalue weighted by Crippen LogP contribution is 2.20. The van der Waals surface area contributed by atoms with Crippen LogP contribution in [0, 0.1) is 6.92 Å². The Morgan fingerprint density at radius 3 is 2.47 bits per heavy atom. The summed E-state index contributed by atoms with van der Waals surface area (Å²) in [6, 6.07) is 5.77. The molecule has 0 saturated heterocycles. The van der Waals surface area contributed by atoms with E-state index in [1.807, 2.05) is 36.9 Å². The monoisotopic (exact) mass is 256 g/mol. The molecular formula is C12H20N2O2S. The lowest BCUT2D eigenvalue weighted by Crippen LogP contribution is -2.28. The summed E-state index contributed by atoms with van der Waals surface area (Å²) in [5, 5.41) is 0. The number of benzene rings is 1. The van der Waals surface area contributed by atoms with Crippen LogP contribution in [0.1, 0.15) is 12.5 Å². The number of rotatable bonds is 5. The summed E-state index contributed by atoms with van der Waals surface area (Å²) in [6.07, 6.45) is 1.26. The lowest BCUT2D eigenvalue weighted by molar-refractivity contribution is 0.600. The van der Waals surface area contributed by atoms with Crippen molar-refractivity contribution in [1.29, 1.82) is 0 Å². The quantitative estimate of drug-likeness (QED) is 0.810. The van der Waals surface area contributed by atoms with Gasteiger partial charge in [0.15, 0.2) is 0 Å². The largest absolute Gasteiger partial charge is 0.399 e. The minimum Gasteiger partial charge on any atom is -0.399 e. The van der Waals surface area contributed by atoms with Crippen molar-refractivity contribution in [3.05, 3.63) is 23.8 Å². The molecule has 0 amide bonds. The zero-order valence-electron chi connectivity index (χ0n) is 10.6. The van der Waals surface area contributed by atoms with Crippen molar-refractivity contribution in [3.63, 3.8) is 0 Å². The molecule has 0 aliphatic rings. The molecule has 4 nitrogen and oxygen atoms in total. The number of aryl methyl sites for hydroxylation is 1. The Balaban J connectivity index is 2.83. The Morgan fingerprint density at radius 1 is 1.35 bits per heavy atom. The molecule has 17 heavy (non-hydrogen) atoms. The van der Waals surface area contributed by atoms with Crippen molar-refractivity contribution in [2.45, 2.75) is 13.8 Å². The first-order valence-corrected chi connectivity index (χ1v) is 7.68. The Kier molecular flexibility index (Phi) is 4.40. The molecule has 0 spiro atoms. The first kappa shape index (κ1) is 13.8. The first-order valence-electron chi connectivity index (χ1n) is 5.62. The molecule has 0 aromatic heterocycles. The molecule has 0 aliphatic heterocycles. The highest BCUT2D eigenvalue weighted by atomic mass is 32.2. The summed E-state index contributed by atoms with van der Waals surface area (Å²) in [5.41, 5.74) is 8.55. The van der Waals surface area contributed by atoms with Crippen LogP contribution < -0.4 is 10.6 Å². The smallest absolute Gasteiger partial charge is 0.149 e. The van der Waals surface area contributed by atoms with E-state index in [9.17, 15) is 8.42 Å². The summed E-state index contributed by atoms with van der Waals surface area (Å²) < 4.78 is 22.3. The van der Waals surface area contributed by atoms with E-state index in [-0.39, 0.29) is 5.75 Å². The van der Waals surface area contributed by atoms with Gasteiger partial charge >= 0.3 is 0 Å². The average Bonchev–Trinajstić information content (AvgIpc) is 2.22. The number of sulfone groups is 1. The lowest BCUT2D eigenvalue weighted by atomic mass is 10.1. The van der Waals surface area contributed by atoms with Gasteiger partial charge in [-0.25, -0.2) is 8.42 Å². The van der Waals surface area contributed by atoms with E-state index in [1.54, 1.807) is 0 Å². The summed E-state index contributed by atoms with van der Waals surface area (Å²) in [6.45, 7) is 5.24. The normalized spacial score (nSPS) is 11.5. The third kappa shape index (κ3) is 4.26. The van der Waals surface area contributed by atoms with Crippen LogP contribution in [0.3, 0.4) is 0 Å². The molecule has 5 heteroatoms. The maximum atomic E-state index is 11.2. The second kappa shape index (κ2) is 5.40. The number of hydrogen-bond donors (Lipinski definition) is 1. The van der Waals surface area contributed by atoms with Gasteiger partial charge in [0.05, 0.1) is 5.75 Å². The Morgan fingerprint density at radius 2 is 2.00 bits per heavy atom. The van der Waals surface area contributed by atoms with Crippen LogP contribution in [0.15, 0.2) is 18.2 Å². The van der Waals surface area contributed by atoms with Crippen LogP contribution in [-0.4, -0.2) is 33.5 Å². The Bertz CT molecular complexity index is 483. The van der Waals surface area contributed by atoms with Crippen LogP contribution in [-0.2, 0) is 9.84 Å². The number of nitrogens with zero attached hydrogens (tertiary/aromatic N) is 1. The number of hydrogen-bond acceptors (Lipinski definition) is 4. The fourth-order valence-corrected chi connectivity index (χ4v) is 2.15. The van der Waals surface area contributed by atoms with Crippen molar-refractivity contribution in [3.8, 4) is 0 Å². The van der Waals surface area contributed by atoms with Crippen molar-refractivity contribution in [2.75, 3.05) is 35.7 Å². The zero-order valence-corrected chi connectivity index (χ0v) is 11.4. The van der Waals surface area contributed by atoms with Crippen molar-refractivity contribution >= 4 is 21.2 Å². The van der Waals surface area contributed by atoms with Crippen LogP contribution in [0.5, 0.6) is 0 Å². The second-order valence-electron chi connectivity index (χ2n) is 4.25. The molecule has 1 rings (SSSR count). The second-order valence-corrected chi connectivity index (χ2v) is 6.51. The minimum absolute atomic E-state index is 0.171. The molecule has 0 saturated carbocycles. The molecule has 0 radical (unpaired) electrons. The molecule has 0 bridgehead atoms. The summed E-state index contributed by atoms with van der Waals surface area (Å²) in [4.78, 5) is 2.04. The fraction of sp³-hybridized carbons (Fsp3) is 0.500. The van der Waals surface area contributed by atoms with Crippen LogP contribution in [0.25, 0.3) is 0 Å². The van der Waals surface area contributed by atoms with E-state index in [4.69, 9.17) is 5.73 Å². The Labute approximate surface area is 103 Å². The van der Waals surface area contributed by atoms with Crippen LogP contribution in [0.2, 0.25) is 0 Å². The van der Waals surface area contributed by atoms with Crippen LogP contribution >= 0.6 is 0 Å². The molecule has 2 N–H and O–H groups in total. The fourth-order valence-electron chi connectivity index (χ4n) is 1.60. The predicted octanol–water partition coefficient (Wildman–Crippen LogP) is 1.45. The SMILES string of the molecule is CCN(CCS(C)(=O)=O)c1ccc(N)c(C)c1. The van der Waals surface area contributed by atoms with Gasteiger partial charge < -0.3 is 10.6 Å². The zero-order chi connectivity index (χ0) is 13.1. The van der Waals surface area contributed by atoms with E-state index in [2.05, 4.69) is 0 Å². The maximum absolute atomic E-state index is 11.2. The van der Waals surface area contributed by atoms with Crippen molar-refractivity contribution in [2.24, 2.45) is 0 Å². The lowest BCUT2D eigenvalue weighted by Gasteiger charge is -2.23. The summed E-state index contributed by atoms with van der Waals surface area (Å²) >= 11 is 0. The van der Waals surface area contributed by atoms with Gasteiger partial charge in [-0.05, 0) is 37.6 Å². The minimum atomic E-state index is -2.92. The van der Waals surface area contributed by atoms with E-state index >= 15 is 0 Å². The van der Waals surface area contributed by atoms with Crippen LogP contribution in [0.4, 0.5) is 11.4 Å². The Hall–Kier alpha value is -1.23. The third-order valence-corrected chi connectivity index (χ3v) is 3.66. The first-order chi connectivity index (χ1) is 7.83. The van der Waals surface area contributed by atoms with Crippen molar-refractivity contribution in [1.82, 2.24) is 0 Å². The maximum Gasteiger partial charge on any atom is 0.149 e. The molecular weight excluding hydrogens is 236 g/mol. The number of nitrogens with two attached hydrogens (primary N) is 1. The number of nitrogen functional groups attached to an aromatic ring is 1. The summed E-state index contributed by atoms with van der Waals surface area (Å²) in [7, 11) is -2.92. The van der Waals surface area contributed by atoms with E-state index in [0.29, 0.717) is 6.54 Å². The highest BCUT2D eigenvalue weighted by molar-refractivity contribution is 7.90. The van der Waals surface area contributed by atoms with Gasteiger partial charge in [0, 0.05) is 30.7 Å². The molecule has 1 aromatic rings. The van der Waals surface area contributed by atoms with E-state index in [1.165, 1.54) is 6.26 Å². The van der Waals surface area contributed by atoms with Gasteiger partial charge in [-0.3, -0.25) is 0 Å². The van der Waals surface area contributed by atoms with Gasteiger partial charge in [-0.1, -0.05) is 0 Å². The molecule has 0 fully saturated rings. The summed E-state index contributed by atoms with van der Waals surface area (Å²) in [5.74, 6) is 0.171. The highest BCUT2D eigenvalue weighted by Gasteiger charge is 2.09. The van der Waals surface area contributed by atoms with E-state index in [0.717, 1.165) is 23.5 Å². The number of anilines is 2. The van der Waals surface area contributed by atoms with E-state index < -0.39 is 9.84 Å². The molecule has 96 valence electrons. The molecule has 1 aromatic carbocycles.